The van der Waals surface area contributed by atoms with Gasteiger partial charge in [0, 0.05) is 30.0 Å². The van der Waals surface area contributed by atoms with Crippen molar-refractivity contribution in [3.05, 3.63) is 59.9 Å². The van der Waals surface area contributed by atoms with E-state index in [2.05, 4.69) is 10.2 Å². The Balaban J connectivity index is 1.50. The second-order valence-electron chi connectivity index (χ2n) is 6.60. The Morgan fingerprint density at radius 1 is 1.15 bits per heavy atom. The molecule has 1 aliphatic heterocycles. The summed E-state index contributed by atoms with van der Waals surface area (Å²) in [7, 11) is 1.88. The minimum absolute atomic E-state index is 0.0852. The van der Waals surface area contributed by atoms with E-state index in [0.29, 0.717) is 12.1 Å². The van der Waals surface area contributed by atoms with Gasteiger partial charge in [-0.25, -0.2) is 4.39 Å². The molecule has 1 saturated heterocycles. The van der Waals surface area contributed by atoms with Gasteiger partial charge in [0.15, 0.2) is 6.54 Å². The van der Waals surface area contributed by atoms with E-state index in [1.165, 1.54) is 6.07 Å². The van der Waals surface area contributed by atoms with Crippen molar-refractivity contribution in [2.24, 2.45) is 0 Å². The number of amides is 1. The van der Waals surface area contributed by atoms with Gasteiger partial charge in [-0.15, -0.1) is 0 Å². The summed E-state index contributed by atoms with van der Waals surface area (Å²) in [4.78, 5) is 15.4. The van der Waals surface area contributed by atoms with Crippen LogP contribution in [0.2, 0.25) is 0 Å². The largest absolute Gasteiger partial charge is 0.378 e. The van der Waals surface area contributed by atoms with Gasteiger partial charge in [-0.1, -0.05) is 18.2 Å². The molecule has 0 aromatic heterocycles. The number of benzene rings is 2. The molecule has 1 aliphatic rings. The van der Waals surface area contributed by atoms with Crippen molar-refractivity contribution >= 4 is 17.3 Å². The molecule has 2 aromatic carbocycles. The lowest BCUT2D eigenvalue weighted by atomic mass is 10.2. The van der Waals surface area contributed by atoms with Crippen LogP contribution in [0.25, 0.3) is 0 Å². The van der Waals surface area contributed by atoms with Gasteiger partial charge >= 0.3 is 0 Å². The number of carbonyl (C=O) groups excluding carboxylic acids is 1. The van der Waals surface area contributed by atoms with E-state index in [9.17, 15) is 9.18 Å². The Labute approximate surface area is 153 Å². The van der Waals surface area contributed by atoms with Crippen LogP contribution in [0, 0.1) is 5.82 Å². The fourth-order valence-corrected chi connectivity index (χ4v) is 3.09. The molecule has 2 N–H and O–H groups in total. The number of morpholine rings is 1. The molecule has 1 unspecified atom stereocenters. The maximum atomic E-state index is 13.7. The maximum Gasteiger partial charge on any atom is 0.279 e. The van der Waals surface area contributed by atoms with Crippen molar-refractivity contribution in [1.29, 1.82) is 0 Å². The third kappa shape index (κ3) is 5.03. The third-order valence-electron chi connectivity index (χ3n) is 4.44. The van der Waals surface area contributed by atoms with Gasteiger partial charge in [0.05, 0.1) is 20.3 Å². The lowest BCUT2D eigenvalue weighted by molar-refractivity contribution is -0.885. The normalized spacial score (nSPS) is 15.5. The number of hydrogen-bond donors (Lipinski definition) is 2. The van der Waals surface area contributed by atoms with Crippen molar-refractivity contribution in [2.75, 3.05) is 50.1 Å². The number of carbonyl (C=O) groups is 1. The van der Waals surface area contributed by atoms with E-state index < -0.39 is 0 Å². The second kappa shape index (κ2) is 8.78. The Morgan fingerprint density at radius 3 is 2.54 bits per heavy atom. The highest BCUT2D eigenvalue weighted by atomic mass is 19.1. The van der Waals surface area contributed by atoms with Crippen molar-refractivity contribution in [3.63, 3.8) is 0 Å². The van der Waals surface area contributed by atoms with Crippen LogP contribution < -0.4 is 15.1 Å². The first-order valence-electron chi connectivity index (χ1n) is 8.89. The van der Waals surface area contributed by atoms with E-state index in [0.717, 1.165) is 42.6 Å². The molecule has 0 aliphatic carbocycles. The van der Waals surface area contributed by atoms with Crippen LogP contribution >= 0.6 is 0 Å². The SMILES string of the molecule is C[NH+](CC(=O)Nc1ccc(N2CCOCC2)cc1)Cc1ccccc1F. The van der Waals surface area contributed by atoms with Gasteiger partial charge in [-0.3, -0.25) is 4.79 Å². The summed E-state index contributed by atoms with van der Waals surface area (Å²) in [6.07, 6.45) is 0. The topological polar surface area (TPSA) is 46.0 Å². The molecular formula is C20H25FN3O2+. The van der Waals surface area contributed by atoms with Gasteiger partial charge in [0.1, 0.15) is 12.4 Å². The van der Waals surface area contributed by atoms with Gasteiger partial charge < -0.3 is 19.9 Å². The molecule has 1 amide bonds. The van der Waals surface area contributed by atoms with Gasteiger partial charge in [-0.05, 0) is 30.3 Å². The molecule has 26 heavy (non-hydrogen) atoms. The zero-order chi connectivity index (χ0) is 18.4. The maximum absolute atomic E-state index is 13.7. The molecule has 1 heterocycles. The standard InChI is InChI=1S/C20H24FN3O2/c1-23(14-16-4-2-3-5-19(16)21)15-20(25)22-17-6-8-18(9-7-17)24-10-12-26-13-11-24/h2-9H,10-15H2,1H3,(H,22,25)/p+1. The van der Waals surface area contributed by atoms with E-state index >= 15 is 0 Å². The summed E-state index contributed by atoms with van der Waals surface area (Å²) in [5, 5.41) is 2.91. The van der Waals surface area contributed by atoms with E-state index in [-0.39, 0.29) is 18.3 Å². The van der Waals surface area contributed by atoms with Crippen molar-refractivity contribution in [3.8, 4) is 0 Å². The molecule has 138 valence electrons. The van der Waals surface area contributed by atoms with E-state index in [4.69, 9.17) is 4.74 Å². The first-order chi connectivity index (χ1) is 12.6. The van der Waals surface area contributed by atoms with Crippen molar-refractivity contribution in [1.82, 2.24) is 0 Å². The molecule has 5 nitrogen and oxygen atoms in total. The number of quaternary nitrogens is 1. The monoisotopic (exact) mass is 358 g/mol. The average Bonchev–Trinajstić information content (AvgIpc) is 2.65. The first kappa shape index (κ1) is 18.4. The summed E-state index contributed by atoms with van der Waals surface area (Å²) in [6, 6.07) is 14.5. The fourth-order valence-electron chi connectivity index (χ4n) is 3.09. The minimum atomic E-state index is -0.231. The van der Waals surface area contributed by atoms with Crippen LogP contribution in [-0.2, 0) is 16.1 Å². The Bertz CT molecular complexity index is 730. The minimum Gasteiger partial charge on any atom is -0.378 e. The summed E-state index contributed by atoms with van der Waals surface area (Å²) in [6.45, 7) is 4.01. The lowest BCUT2D eigenvalue weighted by Crippen LogP contribution is -3.08. The first-order valence-corrected chi connectivity index (χ1v) is 8.89. The highest BCUT2D eigenvalue weighted by molar-refractivity contribution is 5.91. The molecule has 6 heteroatoms. The number of likely N-dealkylation sites (N-methyl/N-ethyl adjacent to an activating group) is 1. The van der Waals surface area contributed by atoms with Crippen LogP contribution in [0.3, 0.4) is 0 Å². The number of hydrogen-bond acceptors (Lipinski definition) is 3. The number of nitrogens with one attached hydrogen (secondary N) is 2. The average molecular weight is 358 g/mol. The molecule has 1 atom stereocenters. The van der Waals surface area contributed by atoms with Crippen LogP contribution in [0.15, 0.2) is 48.5 Å². The van der Waals surface area contributed by atoms with Crippen LogP contribution in [0.4, 0.5) is 15.8 Å². The molecule has 3 rings (SSSR count). The Morgan fingerprint density at radius 2 is 1.85 bits per heavy atom. The van der Waals surface area contributed by atoms with Crippen LogP contribution in [0.5, 0.6) is 0 Å². The summed E-state index contributed by atoms with van der Waals surface area (Å²) in [5.74, 6) is -0.316. The van der Waals surface area contributed by atoms with Crippen molar-refractivity contribution < 1.29 is 18.8 Å². The third-order valence-corrected chi connectivity index (χ3v) is 4.44. The number of nitrogens with zero attached hydrogens (tertiary/aromatic N) is 1. The predicted octanol–water partition coefficient (Wildman–Crippen LogP) is 1.32. The zero-order valence-electron chi connectivity index (χ0n) is 15.0. The summed E-state index contributed by atoms with van der Waals surface area (Å²) >= 11 is 0. The number of rotatable bonds is 6. The molecular weight excluding hydrogens is 333 g/mol. The van der Waals surface area contributed by atoms with Gasteiger partial charge in [0.2, 0.25) is 0 Å². The molecule has 0 spiro atoms. The molecule has 0 bridgehead atoms. The smallest absolute Gasteiger partial charge is 0.279 e. The molecule has 2 aromatic rings. The summed E-state index contributed by atoms with van der Waals surface area (Å²) in [5.41, 5.74) is 2.52. The van der Waals surface area contributed by atoms with Crippen LogP contribution in [0.1, 0.15) is 5.56 Å². The molecule has 0 saturated carbocycles. The Kier molecular flexibility index (Phi) is 6.20. The van der Waals surface area contributed by atoms with Gasteiger partial charge in [-0.2, -0.15) is 0 Å². The zero-order valence-corrected chi connectivity index (χ0v) is 15.0. The predicted molar refractivity (Wildman–Crippen MR) is 100.0 cm³/mol. The number of halogens is 1. The Hall–Kier alpha value is -2.44. The number of anilines is 2. The quantitative estimate of drug-likeness (QED) is 0.819. The number of ether oxygens (including phenoxy) is 1. The second-order valence-corrected chi connectivity index (χ2v) is 6.60. The summed E-state index contributed by atoms with van der Waals surface area (Å²) < 4.78 is 19.1. The van der Waals surface area contributed by atoms with Gasteiger partial charge in [0.25, 0.3) is 5.91 Å². The highest BCUT2D eigenvalue weighted by Gasteiger charge is 2.14. The fraction of sp³-hybridized carbons (Fsp3) is 0.350. The molecule has 0 radical (unpaired) electrons. The van der Waals surface area contributed by atoms with Crippen molar-refractivity contribution in [2.45, 2.75) is 6.54 Å². The van der Waals surface area contributed by atoms with E-state index in [1.54, 1.807) is 12.1 Å². The van der Waals surface area contributed by atoms with E-state index in [1.807, 2.05) is 37.4 Å². The highest BCUT2D eigenvalue weighted by Crippen LogP contribution is 2.18. The lowest BCUT2D eigenvalue weighted by Gasteiger charge is -2.28. The molecule has 1 fully saturated rings. The van der Waals surface area contributed by atoms with Crippen LogP contribution in [-0.4, -0.2) is 45.8 Å².